The Bertz CT molecular complexity index is 920. The van der Waals surface area contributed by atoms with Gasteiger partial charge in [-0.15, -0.1) is 35.3 Å². The minimum Gasteiger partial charge on any atom is -0.356 e. The molecule has 2 rings (SSSR count). The Hall–Kier alpha value is -1.77. The van der Waals surface area contributed by atoms with Crippen LogP contribution in [0.3, 0.4) is 0 Å². The molecule has 2 aromatic rings. The first-order valence-electron chi connectivity index (χ1n) is 8.55. The lowest BCUT2D eigenvalue weighted by molar-refractivity contribution is -0.385. The van der Waals surface area contributed by atoms with E-state index in [1.165, 1.54) is 23.1 Å². The molecule has 0 radical (unpaired) electrons. The summed E-state index contributed by atoms with van der Waals surface area (Å²) in [6, 6.07) is 9.02. The molecule has 12 heteroatoms. The number of hydrogen-bond acceptors (Lipinski definition) is 6. The van der Waals surface area contributed by atoms with Gasteiger partial charge >= 0.3 is 0 Å². The van der Waals surface area contributed by atoms with Crippen molar-refractivity contribution in [2.45, 2.75) is 17.7 Å². The van der Waals surface area contributed by atoms with Crippen molar-refractivity contribution < 1.29 is 13.3 Å². The molecule has 0 bridgehead atoms. The Morgan fingerprint density at radius 3 is 2.62 bits per heavy atom. The van der Waals surface area contributed by atoms with Crippen LogP contribution >= 0.6 is 35.3 Å². The first-order valence-corrected chi connectivity index (χ1v) is 10.9. The van der Waals surface area contributed by atoms with Crippen molar-refractivity contribution in [3.05, 3.63) is 56.8 Å². The van der Waals surface area contributed by atoms with Crippen LogP contribution in [0.25, 0.3) is 0 Å². The van der Waals surface area contributed by atoms with E-state index in [0.29, 0.717) is 25.0 Å². The lowest BCUT2D eigenvalue weighted by atomic mass is 10.1. The number of hydrogen-bond donors (Lipinski definition) is 3. The third-order valence-corrected chi connectivity index (χ3v) is 6.44. The maximum Gasteiger partial charge on any atom is 0.270 e. The highest BCUT2D eigenvalue weighted by atomic mass is 127. The Balaban J connectivity index is 0.00000420. The molecule has 3 N–H and O–H groups in total. The third kappa shape index (κ3) is 7.87. The number of nitrogens with one attached hydrogen (secondary N) is 3. The van der Waals surface area contributed by atoms with Crippen molar-refractivity contribution in [1.29, 1.82) is 0 Å². The van der Waals surface area contributed by atoms with Gasteiger partial charge in [0.2, 0.25) is 10.0 Å². The average molecular weight is 553 g/mol. The van der Waals surface area contributed by atoms with E-state index < -0.39 is 14.9 Å². The van der Waals surface area contributed by atoms with Crippen LogP contribution in [0, 0.1) is 10.1 Å². The number of nitro benzene ring substituents is 1. The van der Waals surface area contributed by atoms with Crippen molar-refractivity contribution in [2.75, 3.05) is 26.7 Å². The largest absolute Gasteiger partial charge is 0.356 e. The molecule has 1 aromatic heterocycles. The van der Waals surface area contributed by atoms with Crippen LogP contribution in [0.4, 0.5) is 5.69 Å². The molecule has 0 amide bonds. The fraction of sp³-hybridized carbons (Fsp3) is 0.353. The van der Waals surface area contributed by atoms with Crippen molar-refractivity contribution in [1.82, 2.24) is 15.4 Å². The first kappa shape index (κ1) is 25.3. The summed E-state index contributed by atoms with van der Waals surface area (Å²) in [6.45, 7) is 3.21. The van der Waals surface area contributed by atoms with Crippen LogP contribution in [0.5, 0.6) is 0 Å². The normalized spacial score (nSPS) is 12.7. The highest BCUT2D eigenvalue weighted by Crippen LogP contribution is 2.19. The summed E-state index contributed by atoms with van der Waals surface area (Å²) in [4.78, 5) is 15.4. The molecule has 0 fully saturated rings. The van der Waals surface area contributed by atoms with Gasteiger partial charge in [0.1, 0.15) is 0 Å². The summed E-state index contributed by atoms with van der Waals surface area (Å²) in [6.07, 6.45) is 0. The zero-order valence-corrected chi connectivity index (χ0v) is 20.0. The van der Waals surface area contributed by atoms with E-state index in [1.54, 1.807) is 18.4 Å². The Morgan fingerprint density at radius 1 is 1.24 bits per heavy atom. The monoisotopic (exact) mass is 553 g/mol. The van der Waals surface area contributed by atoms with Gasteiger partial charge in [0.05, 0.1) is 9.82 Å². The minimum atomic E-state index is -3.83. The smallest absolute Gasteiger partial charge is 0.270 e. The summed E-state index contributed by atoms with van der Waals surface area (Å²) < 4.78 is 26.9. The minimum absolute atomic E-state index is 0. The molecule has 1 aromatic carbocycles. The standard InChI is InChI=1S/C17H23N5O4S2.HI/c1-13(16-7-4-10-27-16)12-20-17(18-2)19-8-9-21-28(25,26)15-6-3-5-14(11-15)22(23)24;/h3-7,10-11,13,21H,8-9,12H2,1-2H3,(H2,18,19,20);1H. The van der Waals surface area contributed by atoms with Gasteiger partial charge in [-0.2, -0.15) is 0 Å². The van der Waals surface area contributed by atoms with E-state index in [2.05, 4.69) is 33.3 Å². The summed E-state index contributed by atoms with van der Waals surface area (Å²) in [5.74, 6) is 0.892. The van der Waals surface area contributed by atoms with E-state index >= 15 is 0 Å². The topological polar surface area (TPSA) is 126 Å². The summed E-state index contributed by atoms with van der Waals surface area (Å²) >= 11 is 1.70. The number of guanidine groups is 1. The molecule has 160 valence electrons. The third-order valence-electron chi connectivity index (χ3n) is 3.88. The highest BCUT2D eigenvalue weighted by molar-refractivity contribution is 14.0. The lowest BCUT2D eigenvalue weighted by Crippen LogP contribution is -2.42. The van der Waals surface area contributed by atoms with Gasteiger partial charge in [0.15, 0.2) is 5.96 Å². The van der Waals surface area contributed by atoms with Crippen LogP contribution in [-0.2, 0) is 10.0 Å². The summed E-state index contributed by atoms with van der Waals surface area (Å²) in [5, 5.41) is 19.1. The molecule has 9 nitrogen and oxygen atoms in total. The number of halogens is 1. The molecule has 1 heterocycles. The molecule has 1 unspecified atom stereocenters. The Labute approximate surface area is 191 Å². The molecule has 0 saturated heterocycles. The number of nitro groups is 1. The maximum atomic E-state index is 12.3. The number of sulfonamides is 1. The van der Waals surface area contributed by atoms with E-state index in [9.17, 15) is 18.5 Å². The predicted octanol–water partition coefficient (Wildman–Crippen LogP) is 2.52. The van der Waals surface area contributed by atoms with Gasteiger partial charge < -0.3 is 10.6 Å². The van der Waals surface area contributed by atoms with Crippen LogP contribution in [0.1, 0.15) is 17.7 Å². The Kier molecular flexibility index (Phi) is 10.5. The summed E-state index contributed by atoms with van der Waals surface area (Å²) in [5.41, 5.74) is -0.273. The fourth-order valence-electron chi connectivity index (χ4n) is 2.36. The van der Waals surface area contributed by atoms with E-state index in [0.717, 1.165) is 6.07 Å². The molecule has 0 aliphatic heterocycles. The fourth-order valence-corrected chi connectivity index (χ4v) is 4.21. The molecule has 1 atom stereocenters. The van der Waals surface area contributed by atoms with Gasteiger partial charge in [-0.1, -0.05) is 19.1 Å². The van der Waals surface area contributed by atoms with Crippen molar-refractivity contribution in [3.8, 4) is 0 Å². The summed E-state index contributed by atoms with van der Waals surface area (Å²) in [7, 11) is -2.19. The van der Waals surface area contributed by atoms with Gasteiger partial charge in [-0.25, -0.2) is 13.1 Å². The predicted molar refractivity (Wildman–Crippen MR) is 126 cm³/mol. The van der Waals surface area contributed by atoms with E-state index in [1.807, 2.05) is 11.4 Å². The molecule has 0 aliphatic rings. The van der Waals surface area contributed by atoms with Gasteiger partial charge in [0, 0.05) is 49.6 Å². The number of rotatable bonds is 9. The first-order chi connectivity index (χ1) is 13.3. The maximum absolute atomic E-state index is 12.3. The van der Waals surface area contributed by atoms with Gasteiger partial charge in [-0.05, 0) is 17.5 Å². The van der Waals surface area contributed by atoms with Crippen molar-refractivity contribution >= 4 is 57.0 Å². The molecule has 0 spiro atoms. The van der Waals surface area contributed by atoms with Crippen LogP contribution in [-0.4, -0.2) is 46.0 Å². The van der Waals surface area contributed by atoms with Crippen LogP contribution in [0.2, 0.25) is 0 Å². The van der Waals surface area contributed by atoms with E-state index in [4.69, 9.17) is 0 Å². The second kappa shape index (κ2) is 12.0. The van der Waals surface area contributed by atoms with Crippen molar-refractivity contribution in [3.63, 3.8) is 0 Å². The SMILES string of the molecule is CN=C(NCCNS(=O)(=O)c1cccc([N+](=O)[O-])c1)NCC(C)c1cccs1.I. The quantitative estimate of drug-likeness (QED) is 0.110. The average Bonchev–Trinajstić information content (AvgIpc) is 3.22. The zero-order valence-electron chi connectivity index (χ0n) is 16.0. The zero-order chi connectivity index (χ0) is 20.6. The Morgan fingerprint density at radius 2 is 2.00 bits per heavy atom. The number of aliphatic imine (C=N–C) groups is 1. The molecule has 0 aliphatic carbocycles. The van der Waals surface area contributed by atoms with Crippen LogP contribution in [0.15, 0.2) is 51.7 Å². The number of thiophene rings is 1. The number of benzene rings is 1. The second-order valence-corrected chi connectivity index (χ2v) is 8.69. The molecule has 29 heavy (non-hydrogen) atoms. The number of non-ortho nitro benzene ring substituents is 1. The van der Waals surface area contributed by atoms with Gasteiger partial charge in [-0.3, -0.25) is 15.1 Å². The molecule has 0 saturated carbocycles. The van der Waals surface area contributed by atoms with Crippen LogP contribution < -0.4 is 15.4 Å². The van der Waals surface area contributed by atoms with Gasteiger partial charge in [0.25, 0.3) is 5.69 Å². The lowest BCUT2D eigenvalue weighted by Gasteiger charge is -2.15. The number of nitrogens with zero attached hydrogens (tertiary/aromatic N) is 2. The molecular weight excluding hydrogens is 529 g/mol. The van der Waals surface area contributed by atoms with E-state index in [-0.39, 0.29) is 41.1 Å². The highest BCUT2D eigenvalue weighted by Gasteiger charge is 2.17. The van der Waals surface area contributed by atoms with Crippen molar-refractivity contribution in [2.24, 2.45) is 4.99 Å². The molecular formula is C17H24IN5O4S2. The second-order valence-electron chi connectivity index (χ2n) is 5.95.